The Balaban J connectivity index is 1.82. The molecule has 3 rings (SSSR count). The van der Waals surface area contributed by atoms with Crippen LogP contribution in [-0.2, 0) is 14.3 Å². The standard InChI is InChI=1S/C14H11Cl2NO4/c15-6-1-2-8(7(16)5-6)17-13(18)11-9-3-4-10(21-9)12(11)14(19)20/h1-5,9-12H,(H,17,18)(H,19,20)/t9-,10-,11+,12-/m1/s1. The molecule has 0 aromatic heterocycles. The molecule has 0 saturated carbocycles. The number of carboxylic acid groups (broad SMARTS) is 1. The third-order valence-corrected chi connectivity index (χ3v) is 4.22. The summed E-state index contributed by atoms with van der Waals surface area (Å²) in [7, 11) is 0. The number of ether oxygens (including phenoxy) is 1. The van der Waals surface area contributed by atoms with E-state index in [0.29, 0.717) is 15.7 Å². The Morgan fingerprint density at radius 1 is 1.14 bits per heavy atom. The van der Waals surface area contributed by atoms with Crippen LogP contribution in [0, 0.1) is 11.8 Å². The average molecular weight is 328 g/mol. The smallest absolute Gasteiger partial charge is 0.310 e. The minimum atomic E-state index is -1.05. The Labute approximate surface area is 130 Å². The quantitative estimate of drug-likeness (QED) is 0.836. The zero-order valence-electron chi connectivity index (χ0n) is 10.6. The molecule has 7 heteroatoms. The SMILES string of the molecule is O=C(Nc1ccc(Cl)cc1Cl)[C@@H]1[C@H](C(=O)O)[C@H]2C=C[C@H]1O2. The lowest BCUT2D eigenvalue weighted by atomic mass is 9.82. The highest BCUT2D eigenvalue weighted by Gasteiger charge is 2.53. The monoisotopic (exact) mass is 327 g/mol. The van der Waals surface area contributed by atoms with Gasteiger partial charge in [0, 0.05) is 5.02 Å². The topological polar surface area (TPSA) is 75.6 Å². The molecule has 1 aromatic carbocycles. The van der Waals surface area contributed by atoms with Gasteiger partial charge in [0.05, 0.1) is 28.8 Å². The summed E-state index contributed by atoms with van der Waals surface area (Å²) in [6.45, 7) is 0. The summed E-state index contributed by atoms with van der Waals surface area (Å²) in [6, 6.07) is 4.67. The maximum atomic E-state index is 12.4. The van der Waals surface area contributed by atoms with Gasteiger partial charge in [-0.3, -0.25) is 9.59 Å². The van der Waals surface area contributed by atoms with Gasteiger partial charge in [-0.25, -0.2) is 0 Å². The molecule has 2 aliphatic rings. The highest BCUT2D eigenvalue weighted by Crippen LogP contribution is 2.40. The van der Waals surface area contributed by atoms with E-state index in [1.807, 2.05) is 0 Å². The summed E-state index contributed by atoms with van der Waals surface area (Å²) in [5.41, 5.74) is 0.391. The van der Waals surface area contributed by atoms with Gasteiger partial charge in [0.15, 0.2) is 0 Å². The van der Waals surface area contributed by atoms with E-state index in [4.69, 9.17) is 27.9 Å². The number of aliphatic carboxylic acids is 1. The van der Waals surface area contributed by atoms with E-state index in [0.717, 1.165) is 0 Å². The Morgan fingerprint density at radius 2 is 1.81 bits per heavy atom. The van der Waals surface area contributed by atoms with Crippen LogP contribution in [0.2, 0.25) is 10.0 Å². The van der Waals surface area contributed by atoms with Crippen molar-refractivity contribution in [2.45, 2.75) is 12.2 Å². The maximum Gasteiger partial charge on any atom is 0.310 e. The highest BCUT2D eigenvalue weighted by atomic mass is 35.5. The number of amides is 1. The van der Waals surface area contributed by atoms with Crippen molar-refractivity contribution >= 4 is 40.8 Å². The van der Waals surface area contributed by atoms with E-state index < -0.39 is 35.9 Å². The van der Waals surface area contributed by atoms with E-state index in [1.54, 1.807) is 24.3 Å². The number of anilines is 1. The number of carbonyl (C=O) groups is 2. The van der Waals surface area contributed by atoms with Gasteiger partial charge in [-0.1, -0.05) is 35.4 Å². The third kappa shape index (κ3) is 2.52. The number of nitrogens with one attached hydrogen (secondary N) is 1. The number of carboxylic acids is 1. The van der Waals surface area contributed by atoms with Crippen molar-refractivity contribution < 1.29 is 19.4 Å². The van der Waals surface area contributed by atoms with Crippen LogP contribution in [0.3, 0.4) is 0 Å². The van der Waals surface area contributed by atoms with Gasteiger partial charge in [-0.15, -0.1) is 0 Å². The van der Waals surface area contributed by atoms with Gasteiger partial charge in [0.1, 0.15) is 5.92 Å². The summed E-state index contributed by atoms with van der Waals surface area (Å²) in [5, 5.41) is 12.7. The van der Waals surface area contributed by atoms with E-state index in [-0.39, 0.29) is 0 Å². The molecule has 1 saturated heterocycles. The van der Waals surface area contributed by atoms with Crippen molar-refractivity contribution in [1.29, 1.82) is 0 Å². The van der Waals surface area contributed by atoms with Crippen LogP contribution in [-0.4, -0.2) is 29.2 Å². The van der Waals surface area contributed by atoms with Crippen LogP contribution < -0.4 is 5.32 Å². The predicted molar refractivity (Wildman–Crippen MR) is 77.5 cm³/mol. The molecule has 4 atom stereocenters. The average Bonchev–Trinajstić information content (AvgIpc) is 3.02. The molecule has 1 amide bonds. The Hall–Kier alpha value is -1.56. The first-order chi connectivity index (χ1) is 9.97. The molecule has 2 aliphatic heterocycles. The summed E-state index contributed by atoms with van der Waals surface area (Å²) in [6.07, 6.45) is 2.34. The summed E-state index contributed by atoms with van der Waals surface area (Å²) in [5.74, 6) is -3.13. The molecule has 2 bridgehead atoms. The second-order valence-corrected chi connectivity index (χ2v) is 5.80. The Kier molecular flexibility index (Phi) is 3.65. The zero-order chi connectivity index (χ0) is 15.1. The molecule has 2 heterocycles. The zero-order valence-corrected chi connectivity index (χ0v) is 12.1. The maximum absolute atomic E-state index is 12.4. The molecule has 110 valence electrons. The Morgan fingerprint density at radius 3 is 2.43 bits per heavy atom. The van der Waals surface area contributed by atoms with E-state index in [1.165, 1.54) is 6.07 Å². The largest absolute Gasteiger partial charge is 0.481 e. The summed E-state index contributed by atoms with van der Waals surface area (Å²) >= 11 is 11.8. The number of carbonyl (C=O) groups excluding carboxylic acids is 1. The van der Waals surface area contributed by atoms with Crippen LogP contribution >= 0.6 is 23.2 Å². The second kappa shape index (κ2) is 5.33. The molecule has 21 heavy (non-hydrogen) atoms. The van der Waals surface area contributed by atoms with Crippen molar-refractivity contribution in [2.24, 2.45) is 11.8 Å². The number of rotatable bonds is 3. The summed E-state index contributed by atoms with van der Waals surface area (Å²) in [4.78, 5) is 23.7. The van der Waals surface area contributed by atoms with Gasteiger partial charge in [0.25, 0.3) is 0 Å². The van der Waals surface area contributed by atoms with Gasteiger partial charge in [-0.05, 0) is 18.2 Å². The van der Waals surface area contributed by atoms with Crippen molar-refractivity contribution in [3.05, 3.63) is 40.4 Å². The molecule has 0 aliphatic carbocycles. The lowest BCUT2D eigenvalue weighted by Gasteiger charge is -2.21. The lowest BCUT2D eigenvalue weighted by molar-refractivity contribution is -0.145. The third-order valence-electron chi connectivity index (χ3n) is 3.68. The molecular weight excluding hydrogens is 317 g/mol. The van der Waals surface area contributed by atoms with Crippen molar-refractivity contribution in [2.75, 3.05) is 5.32 Å². The molecule has 0 unspecified atom stereocenters. The molecule has 2 N–H and O–H groups in total. The minimum absolute atomic E-state index is 0.294. The fraction of sp³-hybridized carbons (Fsp3) is 0.286. The number of halogens is 2. The van der Waals surface area contributed by atoms with Gasteiger partial charge in [0.2, 0.25) is 5.91 Å². The fourth-order valence-corrected chi connectivity index (χ4v) is 3.18. The second-order valence-electron chi connectivity index (χ2n) is 4.95. The molecule has 0 radical (unpaired) electrons. The van der Waals surface area contributed by atoms with E-state index in [9.17, 15) is 14.7 Å². The fourth-order valence-electron chi connectivity index (χ4n) is 2.72. The van der Waals surface area contributed by atoms with Crippen molar-refractivity contribution in [3.8, 4) is 0 Å². The van der Waals surface area contributed by atoms with Gasteiger partial charge < -0.3 is 15.2 Å². The number of hydrogen-bond acceptors (Lipinski definition) is 3. The first-order valence-corrected chi connectivity index (χ1v) is 7.05. The van der Waals surface area contributed by atoms with E-state index >= 15 is 0 Å². The van der Waals surface area contributed by atoms with Crippen molar-refractivity contribution in [3.63, 3.8) is 0 Å². The first-order valence-electron chi connectivity index (χ1n) is 6.30. The van der Waals surface area contributed by atoms with Crippen molar-refractivity contribution in [1.82, 2.24) is 0 Å². The van der Waals surface area contributed by atoms with Crippen LogP contribution in [0.1, 0.15) is 0 Å². The van der Waals surface area contributed by atoms with Crippen LogP contribution in [0.15, 0.2) is 30.4 Å². The number of benzene rings is 1. The lowest BCUT2D eigenvalue weighted by Crippen LogP contribution is -2.39. The molecule has 0 spiro atoms. The van der Waals surface area contributed by atoms with Gasteiger partial charge in [-0.2, -0.15) is 0 Å². The van der Waals surface area contributed by atoms with Crippen LogP contribution in [0.25, 0.3) is 0 Å². The normalized spacial score (nSPS) is 29.6. The first kappa shape index (κ1) is 14.4. The number of hydrogen-bond donors (Lipinski definition) is 2. The molecule has 1 aromatic rings. The highest BCUT2D eigenvalue weighted by molar-refractivity contribution is 6.36. The van der Waals surface area contributed by atoms with E-state index in [2.05, 4.69) is 5.32 Å². The molecular formula is C14H11Cl2NO4. The Bertz CT molecular complexity index is 646. The predicted octanol–water partition coefficient (Wildman–Crippen LogP) is 2.59. The summed E-state index contributed by atoms with van der Waals surface area (Å²) < 4.78 is 5.46. The molecule has 1 fully saturated rings. The minimum Gasteiger partial charge on any atom is -0.481 e. The van der Waals surface area contributed by atoms with Gasteiger partial charge >= 0.3 is 5.97 Å². The van der Waals surface area contributed by atoms with Crippen LogP contribution in [0.5, 0.6) is 0 Å². The van der Waals surface area contributed by atoms with Crippen LogP contribution in [0.4, 0.5) is 5.69 Å². The molecule has 5 nitrogen and oxygen atoms in total. The number of fused-ring (bicyclic) bond motifs is 2.